The second kappa shape index (κ2) is 9.49. The normalized spacial score (nSPS) is 16.3. The van der Waals surface area contributed by atoms with Crippen LogP contribution in [0, 0.1) is 34.4 Å². The molecule has 35 heavy (non-hydrogen) atoms. The first-order chi connectivity index (χ1) is 17.1. The van der Waals surface area contributed by atoms with Crippen LogP contribution >= 0.6 is 0 Å². The number of nitrogens with one attached hydrogen (secondary N) is 1. The highest BCUT2D eigenvalue weighted by atomic mass is 19.1. The number of nitriles is 2. The smallest absolute Gasteiger partial charge is 0.148 e. The first-order valence-corrected chi connectivity index (χ1v) is 11.2. The Morgan fingerprint density at radius 2 is 2.17 bits per heavy atom. The molecular weight excluding hydrogens is 449 g/mol. The third-order valence-corrected chi connectivity index (χ3v) is 6.45. The van der Waals surface area contributed by atoms with Crippen LogP contribution in [-0.2, 0) is 11.3 Å². The maximum atomic E-state index is 14.3. The molecule has 4 aromatic heterocycles. The Balaban J connectivity index is 1.42. The zero-order valence-corrected chi connectivity index (χ0v) is 19.0. The summed E-state index contributed by atoms with van der Waals surface area (Å²) in [5.74, 6) is -0.0314. The van der Waals surface area contributed by atoms with Crippen LogP contribution in [0.2, 0.25) is 0 Å². The fourth-order valence-electron chi connectivity index (χ4n) is 4.76. The van der Waals surface area contributed by atoms with Crippen LogP contribution in [0.15, 0.2) is 37.2 Å². The topological polar surface area (TPSA) is 132 Å². The number of aromatic amines is 1. The number of H-pyrrole nitrogens is 1. The van der Waals surface area contributed by atoms with E-state index in [0.717, 1.165) is 34.9 Å². The molecule has 0 aliphatic carbocycles. The summed E-state index contributed by atoms with van der Waals surface area (Å²) in [7, 11) is 1.46. The third-order valence-electron chi connectivity index (χ3n) is 6.45. The molecule has 0 spiro atoms. The van der Waals surface area contributed by atoms with Gasteiger partial charge in [-0.25, -0.2) is 19.3 Å². The van der Waals surface area contributed by atoms with E-state index in [2.05, 4.69) is 37.2 Å². The summed E-state index contributed by atoms with van der Waals surface area (Å²) in [6.45, 7) is 1.19. The van der Waals surface area contributed by atoms with Gasteiger partial charge in [-0.2, -0.15) is 15.6 Å². The molecule has 5 rings (SSSR count). The lowest BCUT2D eigenvalue weighted by atomic mass is 9.96. The molecular formula is C24H22FN9O. The first-order valence-electron chi connectivity index (χ1n) is 11.2. The molecule has 0 radical (unpaired) electrons. The van der Waals surface area contributed by atoms with E-state index in [4.69, 9.17) is 4.74 Å². The number of fused-ring (bicyclic) bond motifs is 1. The van der Waals surface area contributed by atoms with Crippen molar-refractivity contribution in [2.45, 2.75) is 25.5 Å². The summed E-state index contributed by atoms with van der Waals surface area (Å²) in [6.07, 6.45) is 9.17. The molecule has 11 heteroatoms. The van der Waals surface area contributed by atoms with Crippen LogP contribution in [-0.4, -0.2) is 49.9 Å². The fourth-order valence-corrected chi connectivity index (χ4v) is 4.76. The molecule has 1 fully saturated rings. The van der Waals surface area contributed by atoms with Gasteiger partial charge < -0.3 is 14.6 Å². The van der Waals surface area contributed by atoms with Gasteiger partial charge in [0.1, 0.15) is 35.2 Å². The van der Waals surface area contributed by atoms with Crippen molar-refractivity contribution in [3.63, 3.8) is 0 Å². The fraction of sp³-hybridized carbons (Fsp3) is 0.333. The van der Waals surface area contributed by atoms with Gasteiger partial charge in [0, 0.05) is 55.0 Å². The summed E-state index contributed by atoms with van der Waals surface area (Å²) in [5.41, 5.74) is 2.74. The molecule has 0 unspecified atom stereocenters. The molecule has 2 atom stereocenters. The van der Waals surface area contributed by atoms with Gasteiger partial charge in [0.15, 0.2) is 0 Å². The average Bonchev–Trinajstić information content (AvgIpc) is 3.64. The van der Waals surface area contributed by atoms with E-state index in [1.54, 1.807) is 6.20 Å². The zero-order chi connectivity index (χ0) is 24.4. The molecule has 0 saturated carbocycles. The number of methoxy groups -OCH3 is 1. The highest BCUT2D eigenvalue weighted by Crippen LogP contribution is 2.35. The molecule has 1 N–H and O–H groups in total. The van der Waals surface area contributed by atoms with Crippen molar-refractivity contribution in [2.75, 3.05) is 25.1 Å². The molecule has 0 aromatic carbocycles. The van der Waals surface area contributed by atoms with Gasteiger partial charge in [-0.15, -0.1) is 0 Å². The number of hydrogen-bond donors (Lipinski definition) is 1. The van der Waals surface area contributed by atoms with Crippen molar-refractivity contribution in [3.8, 4) is 23.4 Å². The Kier molecular flexibility index (Phi) is 6.08. The van der Waals surface area contributed by atoms with Gasteiger partial charge in [0.2, 0.25) is 0 Å². The van der Waals surface area contributed by atoms with Crippen LogP contribution in [0.5, 0.6) is 0 Å². The predicted octanol–water partition coefficient (Wildman–Crippen LogP) is 3.35. The first kappa shape index (κ1) is 22.4. The summed E-state index contributed by atoms with van der Waals surface area (Å²) in [6, 6.07) is 6.12. The largest absolute Gasteiger partial charge is 0.380 e. The number of ether oxygens (including phenoxy) is 1. The molecule has 0 bridgehead atoms. The minimum atomic E-state index is -0.560. The number of hydrogen-bond acceptors (Lipinski definition) is 8. The lowest BCUT2D eigenvalue weighted by molar-refractivity contribution is 0.181. The number of halogens is 1. The number of rotatable bonds is 7. The summed E-state index contributed by atoms with van der Waals surface area (Å²) in [5, 5.41) is 24.7. The molecule has 1 aliphatic rings. The number of anilines is 1. The summed E-state index contributed by atoms with van der Waals surface area (Å²) in [4.78, 5) is 17.9. The molecule has 5 heterocycles. The maximum absolute atomic E-state index is 14.3. The Labute approximate surface area is 200 Å². The highest BCUT2D eigenvalue weighted by Gasteiger charge is 2.33. The Bertz CT molecular complexity index is 1450. The molecule has 1 aliphatic heterocycles. The van der Waals surface area contributed by atoms with E-state index in [9.17, 15) is 14.9 Å². The van der Waals surface area contributed by atoms with Gasteiger partial charge in [-0.1, -0.05) is 0 Å². The van der Waals surface area contributed by atoms with E-state index < -0.39 is 5.82 Å². The van der Waals surface area contributed by atoms with E-state index in [-0.39, 0.29) is 36.1 Å². The monoisotopic (exact) mass is 471 g/mol. The molecule has 10 nitrogen and oxygen atoms in total. The number of pyridine rings is 1. The Morgan fingerprint density at radius 1 is 1.29 bits per heavy atom. The molecule has 1 saturated heterocycles. The van der Waals surface area contributed by atoms with Gasteiger partial charge in [-0.05, 0) is 12.5 Å². The maximum Gasteiger partial charge on any atom is 0.148 e. The Morgan fingerprint density at radius 3 is 2.97 bits per heavy atom. The quantitative estimate of drug-likeness (QED) is 0.434. The zero-order valence-electron chi connectivity index (χ0n) is 19.0. The third kappa shape index (κ3) is 4.07. The molecule has 0 amide bonds. The lowest BCUT2D eigenvalue weighted by Gasteiger charge is -2.24. The lowest BCUT2D eigenvalue weighted by Crippen LogP contribution is -2.26. The molecule has 176 valence electrons. The number of nitrogens with zero attached hydrogens (tertiary/aromatic N) is 8. The average molecular weight is 472 g/mol. The predicted molar refractivity (Wildman–Crippen MR) is 124 cm³/mol. The molecule has 4 aromatic rings. The standard InChI is InChI=1S/C24H22FN9O/c1-35-13-19-18(8-27)24(29-10-20(19)25)33-7-4-15(11-33)21(2-5-26)34-12-16(9-32-34)22-17-3-6-28-23(17)31-14-30-22/h3,6,9-10,12,14-15,21H,2,4,7,11,13H2,1H3,(H,28,30,31)/t15-,21-/m0/s1. The van der Waals surface area contributed by atoms with Crippen LogP contribution in [0.25, 0.3) is 22.3 Å². The van der Waals surface area contributed by atoms with Gasteiger partial charge in [-0.3, -0.25) is 4.68 Å². The number of aromatic nitrogens is 6. The van der Waals surface area contributed by atoms with Gasteiger partial charge >= 0.3 is 0 Å². The minimum absolute atomic E-state index is 0.00785. The van der Waals surface area contributed by atoms with Crippen molar-refractivity contribution in [3.05, 3.63) is 54.1 Å². The second-order valence-corrected chi connectivity index (χ2v) is 8.42. The second-order valence-electron chi connectivity index (χ2n) is 8.42. The van der Waals surface area contributed by atoms with Crippen molar-refractivity contribution in [1.29, 1.82) is 10.5 Å². The van der Waals surface area contributed by atoms with Gasteiger partial charge in [0.05, 0.1) is 43.2 Å². The van der Waals surface area contributed by atoms with Gasteiger partial charge in [0.25, 0.3) is 0 Å². The summed E-state index contributed by atoms with van der Waals surface area (Å²) >= 11 is 0. The van der Waals surface area contributed by atoms with Crippen molar-refractivity contribution < 1.29 is 9.13 Å². The van der Waals surface area contributed by atoms with E-state index in [1.807, 2.05) is 28.0 Å². The highest BCUT2D eigenvalue weighted by molar-refractivity contribution is 5.89. The summed E-state index contributed by atoms with van der Waals surface area (Å²) < 4.78 is 21.2. The van der Waals surface area contributed by atoms with Crippen LogP contribution in [0.4, 0.5) is 10.2 Å². The van der Waals surface area contributed by atoms with Crippen LogP contribution in [0.1, 0.15) is 30.0 Å². The minimum Gasteiger partial charge on any atom is -0.380 e. The van der Waals surface area contributed by atoms with Crippen LogP contribution in [0.3, 0.4) is 0 Å². The van der Waals surface area contributed by atoms with E-state index in [0.29, 0.717) is 18.9 Å². The van der Waals surface area contributed by atoms with Crippen molar-refractivity contribution in [2.24, 2.45) is 5.92 Å². The van der Waals surface area contributed by atoms with Crippen molar-refractivity contribution in [1.82, 2.24) is 29.7 Å². The SMILES string of the molecule is COCc1c(F)cnc(N2CC[C@H]([C@H](CC#N)n3cc(-c4ncnc5[nH]ccc45)cn3)C2)c1C#N. The van der Waals surface area contributed by atoms with Crippen molar-refractivity contribution >= 4 is 16.9 Å². The van der Waals surface area contributed by atoms with E-state index >= 15 is 0 Å². The van der Waals surface area contributed by atoms with E-state index in [1.165, 1.54) is 13.4 Å². The Hall–Kier alpha value is -4.35. The van der Waals surface area contributed by atoms with Crippen LogP contribution < -0.4 is 4.90 Å².